The summed E-state index contributed by atoms with van der Waals surface area (Å²) in [4.78, 5) is 47.0. The first-order valence-electron chi connectivity index (χ1n) is 10.3. The number of alkyl halides is 3. The highest BCUT2D eigenvalue weighted by molar-refractivity contribution is 7.15. The van der Waals surface area contributed by atoms with Gasteiger partial charge in [-0.15, -0.1) is 11.3 Å². The maximum atomic E-state index is 13.9. The Hall–Kier alpha value is -4.47. The predicted octanol–water partition coefficient (Wildman–Crippen LogP) is 3.74. The van der Waals surface area contributed by atoms with Gasteiger partial charge in [-0.1, -0.05) is 0 Å². The molecule has 3 N–H and O–H groups in total. The number of nitrogens with one attached hydrogen (secondary N) is 2. The van der Waals surface area contributed by atoms with Gasteiger partial charge in [0.15, 0.2) is 16.4 Å². The lowest BCUT2D eigenvalue weighted by molar-refractivity contribution is -0.192. The minimum Gasteiger partial charge on any atom is -0.475 e. The van der Waals surface area contributed by atoms with E-state index in [2.05, 4.69) is 30.2 Å². The van der Waals surface area contributed by atoms with Crippen LogP contribution < -0.4 is 10.9 Å². The third-order valence-electron chi connectivity index (χ3n) is 4.98. The van der Waals surface area contributed by atoms with Gasteiger partial charge >= 0.3 is 12.1 Å². The molecule has 0 fully saturated rings. The van der Waals surface area contributed by atoms with Crippen molar-refractivity contribution in [2.75, 3.05) is 5.32 Å². The molecule has 5 aromatic heterocycles. The number of pyridine rings is 1. The van der Waals surface area contributed by atoms with Crippen LogP contribution >= 0.6 is 11.3 Å². The number of anilines is 1. The molecular formula is C21H16F4N8O3S. The molecule has 0 spiro atoms. The number of H-pyrrole nitrogens is 1. The van der Waals surface area contributed by atoms with Gasteiger partial charge in [-0.3, -0.25) is 14.2 Å². The standard InChI is InChI=1S/C19H15FN8OS.C2HF3O2/c1-9-6-30-19-27-14(10(2)26-17-15-16(23-7-22-15)24-8-25-17)13(18(29)28(9)19)11-3-12(20)5-21-4-11;3-2(4,5)1(6)7/h3-8,10H,1-2H3,(H2,22,23,24,25,26);(H,6,7). The van der Waals surface area contributed by atoms with Crippen molar-refractivity contribution < 1.29 is 27.5 Å². The van der Waals surface area contributed by atoms with Crippen LogP contribution in [0.15, 0.2) is 41.3 Å². The Morgan fingerprint density at radius 1 is 1.24 bits per heavy atom. The number of nitrogens with zero attached hydrogens (tertiary/aromatic N) is 6. The average Bonchev–Trinajstić information content (AvgIpc) is 3.46. The molecule has 0 aliphatic carbocycles. The van der Waals surface area contributed by atoms with E-state index in [0.29, 0.717) is 33.2 Å². The van der Waals surface area contributed by atoms with E-state index in [0.717, 1.165) is 11.9 Å². The summed E-state index contributed by atoms with van der Waals surface area (Å²) in [6, 6.07) is 0.852. The van der Waals surface area contributed by atoms with Crippen LogP contribution in [-0.2, 0) is 4.79 Å². The van der Waals surface area contributed by atoms with Crippen LogP contribution in [0.3, 0.4) is 0 Å². The molecule has 1 unspecified atom stereocenters. The second-order valence-corrected chi connectivity index (χ2v) is 8.39. The molecule has 0 saturated heterocycles. The number of aromatic nitrogens is 7. The van der Waals surface area contributed by atoms with Crippen LogP contribution in [0.2, 0.25) is 0 Å². The first kappa shape index (κ1) is 25.6. The van der Waals surface area contributed by atoms with Gasteiger partial charge in [0, 0.05) is 22.8 Å². The quantitative estimate of drug-likeness (QED) is 0.292. The summed E-state index contributed by atoms with van der Waals surface area (Å²) in [5.74, 6) is -2.78. The van der Waals surface area contributed by atoms with Gasteiger partial charge in [0.05, 0.1) is 29.8 Å². The number of aromatic amines is 1. The van der Waals surface area contributed by atoms with Gasteiger partial charge in [-0.25, -0.2) is 29.1 Å². The molecule has 0 amide bonds. The predicted molar refractivity (Wildman–Crippen MR) is 125 cm³/mol. The zero-order chi connectivity index (χ0) is 26.9. The van der Waals surface area contributed by atoms with Gasteiger partial charge in [0.2, 0.25) is 0 Å². The number of hydrogen-bond donors (Lipinski definition) is 3. The lowest BCUT2D eigenvalue weighted by Crippen LogP contribution is -2.23. The van der Waals surface area contributed by atoms with Crippen molar-refractivity contribution in [1.29, 1.82) is 0 Å². The van der Waals surface area contributed by atoms with E-state index < -0.39 is 24.0 Å². The summed E-state index contributed by atoms with van der Waals surface area (Å²) >= 11 is 1.37. The first-order chi connectivity index (χ1) is 17.5. The number of aliphatic carboxylic acids is 1. The number of halogens is 4. The third-order valence-corrected chi connectivity index (χ3v) is 5.93. The maximum absolute atomic E-state index is 13.9. The third kappa shape index (κ3) is 5.23. The van der Waals surface area contributed by atoms with Gasteiger partial charge in [-0.2, -0.15) is 13.2 Å². The Labute approximate surface area is 207 Å². The van der Waals surface area contributed by atoms with E-state index in [1.807, 2.05) is 19.2 Å². The highest BCUT2D eigenvalue weighted by Gasteiger charge is 2.38. The smallest absolute Gasteiger partial charge is 0.475 e. The van der Waals surface area contributed by atoms with Crippen LogP contribution in [0.4, 0.5) is 23.4 Å². The summed E-state index contributed by atoms with van der Waals surface area (Å²) in [6.07, 6.45) is 0.424. The maximum Gasteiger partial charge on any atom is 0.490 e. The molecule has 1 atom stereocenters. The lowest BCUT2D eigenvalue weighted by Gasteiger charge is -2.18. The largest absolute Gasteiger partial charge is 0.490 e. The normalized spacial score (nSPS) is 12.3. The number of thiazole rings is 1. The lowest BCUT2D eigenvalue weighted by atomic mass is 10.0. The first-order valence-corrected chi connectivity index (χ1v) is 11.2. The number of fused-ring (bicyclic) bond motifs is 2. The van der Waals surface area contributed by atoms with E-state index in [1.54, 1.807) is 0 Å². The Bertz CT molecular complexity index is 1660. The summed E-state index contributed by atoms with van der Waals surface area (Å²) < 4.78 is 47.2. The van der Waals surface area contributed by atoms with E-state index in [4.69, 9.17) is 14.9 Å². The van der Waals surface area contributed by atoms with Crippen LogP contribution in [0.25, 0.3) is 27.3 Å². The molecule has 11 nitrogen and oxygen atoms in total. The molecule has 0 aliphatic rings. The second kappa shape index (κ2) is 9.88. The molecule has 5 aromatic rings. The summed E-state index contributed by atoms with van der Waals surface area (Å²) in [6.45, 7) is 3.69. The number of carboxylic acid groups (broad SMARTS) is 1. The van der Waals surface area contributed by atoms with Gasteiger partial charge in [0.25, 0.3) is 5.56 Å². The summed E-state index contributed by atoms with van der Waals surface area (Å²) in [7, 11) is 0. The van der Waals surface area contributed by atoms with E-state index in [9.17, 15) is 22.4 Å². The van der Waals surface area contributed by atoms with Crippen molar-refractivity contribution in [2.45, 2.75) is 26.1 Å². The summed E-state index contributed by atoms with van der Waals surface area (Å²) in [5, 5.41) is 12.2. The Balaban J connectivity index is 0.000000405. The second-order valence-electron chi connectivity index (χ2n) is 7.56. The van der Waals surface area contributed by atoms with Crippen molar-refractivity contribution in [2.24, 2.45) is 0 Å². The number of imidazole rings is 1. The highest BCUT2D eigenvalue weighted by atomic mass is 32.1. The minimum absolute atomic E-state index is 0.276. The van der Waals surface area contributed by atoms with Crippen LogP contribution in [0.1, 0.15) is 24.4 Å². The molecule has 0 aliphatic heterocycles. The number of rotatable bonds is 4. The van der Waals surface area contributed by atoms with E-state index in [-0.39, 0.29) is 11.1 Å². The Morgan fingerprint density at radius 2 is 1.97 bits per heavy atom. The fraction of sp³-hybridized carbons (Fsp3) is 0.190. The molecule has 5 rings (SSSR count). The van der Waals surface area contributed by atoms with Crippen LogP contribution in [-0.4, -0.2) is 51.6 Å². The molecule has 16 heteroatoms. The topological polar surface area (TPSA) is 151 Å². The molecule has 0 bridgehead atoms. The number of carbonyl (C=O) groups is 1. The zero-order valence-corrected chi connectivity index (χ0v) is 19.7. The average molecular weight is 536 g/mol. The molecule has 0 aromatic carbocycles. The van der Waals surface area contributed by atoms with Crippen LogP contribution in [0.5, 0.6) is 0 Å². The van der Waals surface area contributed by atoms with Crippen molar-refractivity contribution in [1.82, 2.24) is 34.3 Å². The van der Waals surface area contributed by atoms with Crippen molar-refractivity contribution in [3.8, 4) is 11.1 Å². The summed E-state index contributed by atoms with van der Waals surface area (Å²) in [5.41, 5.74) is 2.77. The molecule has 0 radical (unpaired) electrons. The van der Waals surface area contributed by atoms with E-state index in [1.165, 1.54) is 40.7 Å². The van der Waals surface area contributed by atoms with Crippen LogP contribution in [0, 0.1) is 12.7 Å². The number of aryl methyl sites for hydroxylation is 1. The monoisotopic (exact) mass is 536 g/mol. The minimum atomic E-state index is -5.08. The van der Waals surface area contributed by atoms with Gasteiger partial charge < -0.3 is 15.4 Å². The van der Waals surface area contributed by atoms with Crippen molar-refractivity contribution >= 4 is 39.2 Å². The SMILES string of the molecule is Cc1csc2nc(C(C)Nc3ncnc4[nH]cnc34)c(-c3cncc(F)c3)c(=O)n12.O=C(O)C(F)(F)F. The molecule has 37 heavy (non-hydrogen) atoms. The van der Waals surface area contributed by atoms with Gasteiger partial charge in [0.1, 0.15) is 17.7 Å². The number of carboxylic acids is 1. The molecule has 192 valence electrons. The van der Waals surface area contributed by atoms with Crippen molar-refractivity contribution in [3.63, 3.8) is 0 Å². The van der Waals surface area contributed by atoms with E-state index >= 15 is 0 Å². The number of hydrogen-bond acceptors (Lipinski definition) is 9. The highest BCUT2D eigenvalue weighted by Crippen LogP contribution is 2.29. The zero-order valence-electron chi connectivity index (χ0n) is 18.9. The van der Waals surface area contributed by atoms with Gasteiger partial charge in [-0.05, 0) is 19.9 Å². The Kier molecular flexibility index (Phi) is 6.84. The molecule has 5 heterocycles. The molecular weight excluding hydrogens is 520 g/mol. The Morgan fingerprint density at radius 3 is 2.65 bits per heavy atom. The molecule has 0 saturated carbocycles. The van der Waals surface area contributed by atoms with Crippen molar-refractivity contribution in [3.05, 3.63) is 64.1 Å². The fourth-order valence-corrected chi connectivity index (χ4v) is 4.24. The fourth-order valence-electron chi connectivity index (χ4n) is 3.37.